The van der Waals surface area contributed by atoms with Crippen molar-refractivity contribution in [2.75, 3.05) is 19.9 Å². The number of ether oxygens (including phenoxy) is 1. The second-order valence-electron chi connectivity index (χ2n) is 9.15. The molecule has 0 bridgehead atoms. The van der Waals surface area contributed by atoms with Crippen molar-refractivity contribution in [3.05, 3.63) is 59.0 Å². The third-order valence-corrected chi connectivity index (χ3v) is 9.21. The molecule has 3 atom stereocenters. The van der Waals surface area contributed by atoms with Gasteiger partial charge in [0.1, 0.15) is 5.75 Å². The van der Waals surface area contributed by atoms with Gasteiger partial charge in [-0.25, -0.2) is 21.2 Å². The highest BCUT2D eigenvalue weighted by Gasteiger charge is 2.48. The molecule has 1 heterocycles. The number of sulfonamides is 1. The monoisotopic (exact) mass is 572 g/mol. The Labute approximate surface area is 222 Å². The Morgan fingerprint density at radius 3 is 2.49 bits per heavy atom. The van der Waals surface area contributed by atoms with Crippen LogP contribution in [-0.2, 0) is 24.7 Å². The lowest BCUT2D eigenvalue weighted by Crippen LogP contribution is -2.56. The predicted octanol–water partition coefficient (Wildman–Crippen LogP) is 3.96. The molecule has 8 nitrogen and oxygen atoms in total. The first-order chi connectivity index (χ1) is 17.2. The molecule has 0 saturated carbocycles. The molecule has 1 aliphatic heterocycles. The average Bonchev–Trinajstić information content (AvgIpc) is 2.82. The van der Waals surface area contributed by atoms with Crippen molar-refractivity contribution in [2.24, 2.45) is 0 Å². The Kier molecular flexibility index (Phi) is 8.73. The Balaban J connectivity index is 1.87. The molecule has 0 aliphatic carbocycles. The molecule has 0 spiro atoms. The highest BCUT2D eigenvalue weighted by molar-refractivity contribution is 7.93. The van der Waals surface area contributed by atoms with Crippen molar-refractivity contribution in [3.63, 3.8) is 0 Å². The maximum atomic E-state index is 15.7. The molecule has 1 N–H and O–H groups in total. The molecule has 2 aromatic carbocycles. The fraction of sp³-hybridized carbons (Fsp3) is 0.400. The maximum Gasteiger partial charge on any atom is 0.258 e. The van der Waals surface area contributed by atoms with E-state index < -0.39 is 43.5 Å². The number of benzene rings is 2. The van der Waals surface area contributed by atoms with Crippen molar-refractivity contribution in [2.45, 2.75) is 49.3 Å². The lowest BCUT2D eigenvalue weighted by Gasteiger charge is -2.39. The van der Waals surface area contributed by atoms with Crippen LogP contribution in [0.4, 0.5) is 4.39 Å². The Morgan fingerprint density at radius 2 is 1.89 bits per heavy atom. The molecule has 0 aromatic heterocycles. The summed E-state index contributed by atoms with van der Waals surface area (Å²) in [5, 5.41) is 3.75. The molecule has 0 unspecified atom stereocenters. The number of hydrogen-bond donors (Lipinski definition) is 1. The molecule has 1 aliphatic rings. The highest BCUT2D eigenvalue weighted by atomic mass is 35.5. The number of alkyl halides is 1. The summed E-state index contributed by atoms with van der Waals surface area (Å²) in [5.74, 6) is -0.470. The van der Waals surface area contributed by atoms with E-state index in [1.54, 1.807) is 37.3 Å². The molecule has 0 radical (unpaired) electrons. The molecule has 1 saturated heterocycles. The fourth-order valence-corrected chi connectivity index (χ4v) is 6.84. The van der Waals surface area contributed by atoms with Crippen LogP contribution in [0.15, 0.2) is 58.8 Å². The van der Waals surface area contributed by atoms with Crippen LogP contribution in [0.3, 0.4) is 0 Å². The summed E-state index contributed by atoms with van der Waals surface area (Å²) in [7, 11) is -6.04. The number of rotatable bonds is 8. The first-order valence-electron chi connectivity index (χ1n) is 11.5. The van der Waals surface area contributed by atoms with E-state index in [-0.39, 0.29) is 24.3 Å². The van der Waals surface area contributed by atoms with Gasteiger partial charge in [0.05, 0.1) is 12.0 Å². The predicted molar refractivity (Wildman–Crippen MR) is 141 cm³/mol. The first-order valence-corrected chi connectivity index (χ1v) is 15.3. The van der Waals surface area contributed by atoms with Crippen molar-refractivity contribution >= 4 is 37.4 Å². The number of amides is 1. The summed E-state index contributed by atoms with van der Waals surface area (Å²) in [6.07, 6.45) is 1.53. The molecule has 37 heavy (non-hydrogen) atoms. The number of piperidine rings is 1. The average molecular weight is 573 g/mol. The van der Waals surface area contributed by atoms with E-state index in [2.05, 4.69) is 5.32 Å². The maximum absolute atomic E-state index is 15.7. The molecule has 3 rings (SSSR count). The molecule has 1 fully saturated rings. The van der Waals surface area contributed by atoms with Crippen LogP contribution in [0, 0.1) is 0 Å². The van der Waals surface area contributed by atoms with E-state index in [1.165, 1.54) is 36.5 Å². The molecule has 202 valence electrons. The van der Waals surface area contributed by atoms with Crippen LogP contribution in [0.5, 0.6) is 5.75 Å². The number of hydrogen-bond acceptors (Lipinski definition) is 6. The van der Waals surface area contributed by atoms with Crippen LogP contribution in [0.2, 0.25) is 5.02 Å². The number of sulfone groups is 1. The van der Waals surface area contributed by atoms with Crippen LogP contribution < -0.4 is 10.1 Å². The standard InChI is InChI=1S/C25H30ClFN2O6S2/c1-17(11-14-36(4,31)32)28-24(30)25(27)12-13-29(18(2)16-25)37(33,34)23-10-9-19(35-3)15-21(23)20-7-5-6-8-22(20)26/h5-11,14-15,17-18H,12-13,16H2,1-4H3,(H,28,30)/b14-11-/t17-,18-,25-/m1/s1. The topological polar surface area (TPSA) is 110 Å². The summed E-state index contributed by atoms with van der Waals surface area (Å²) >= 11 is 6.37. The summed E-state index contributed by atoms with van der Waals surface area (Å²) < 4.78 is 72.4. The van der Waals surface area contributed by atoms with Crippen molar-refractivity contribution < 1.29 is 30.8 Å². The zero-order valence-corrected chi connectivity index (χ0v) is 23.3. The summed E-state index contributed by atoms with van der Waals surface area (Å²) in [6, 6.07) is 9.80. The summed E-state index contributed by atoms with van der Waals surface area (Å²) in [6.45, 7) is 2.84. The van der Waals surface area contributed by atoms with Gasteiger partial charge in [-0.2, -0.15) is 4.31 Å². The van der Waals surface area contributed by atoms with E-state index in [4.69, 9.17) is 16.3 Å². The molecular weight excluding hydrogens is 543 g/mol. The number of methoxy groups -OCH3 is 1. The number of nitrogens with zero attached hydrogens (tertiary/aromatic N) is 1. The van der Waals surface area contributed by atoms with Crippen LogP contribution in [0.25, 0.3) is 11.1 Å². The molecule has 12 heteroatoms. The zero-order valence-electron chi connectivity index (χ0n) is 20.9. The van der Waals surface area contributed by atoms with Crippen molar-refractivity contribution in [3.8, 4) is 16.9 Å². The number of carbonyl (C=O) groups is 1. The first kappa shape index (κ1) is 29.1. The van der Waals surface area contributed by atoms with Gasteiger partial charge in [0.25, 0.3) is 5.91 Å². The zero-order chi connectivity index (χ0) is 27.6. The molecule has 1 amide bonds. The van der Waals surface area contributed by atoms with Gasteiger partial charge in [-0.3, -0.25) is 4.79 Å². The fourth-order valence-electron chi connectivity index (χ4n) is 4.27. The third kappa shape index (κ3) is 6.70. The normalized spacial score (nSPS) is 22.1. The Morgan fingerprint density at radius 1 is 1.22 bits per heavy atom. The lowest BCUT2D eigenvalue weighted by molar-refractivity contribution is -0.136. The third-order valence-electron chi connectivity index (χ3n) is 6.16. The number of carbonyl (C=O) groups excluding carboxylic acids is 1. The smallest absolute Gasteiger partial charge is 0.258 e. The number of halogens is 2. The number of nitrogens with one attached hydrogen (secondary N) is 1. The Bertz CT molecular complexity index is 1410. The highest BCUT2D eigenvalue weighted by Crippen LogP contribution is 2.39. The van der Waals surface area contributed by atoms with Gasteiger partial charge in [-0.1, -0.05) is 35.9 Å². The second-order valence-corrected chi connectivity index (χ2v) is 13.3. The SMILES string of the molecule is COc1ccc(S(=O)(=O)N2CC[C@](F)(C(=O)N[C@H](C)/C=C\S(C)(=O)=O)C[C@H]2C)c(-c2ccccc2Cl)c1. The minimum absolute atomic E-state index is 0.0106. The van der Waals surface area contributed by atoms with Crippen molar-refractivity contribution in [1.29, 1.82) is 0 Å². The van der Waals surface area contributed by atoms with E-state index in [1.807, 2.05) is 0 Å². The van der Waals surface area contributed by atoms with E-state index in [9.17, 15) is 21.6 Å². The van der Waals surface area contributed by atoms with Gasteiger partial charge in [0, 0.05) is 59.3 Å². The van der Waals surface area contributed by atoms with Crippen LogP contribution >= 0.6 is 11.6 Å². The van der Waals surface area contributed by atoms with Gasteiger partial charge in [0.2, 0.25) is 10.0 Å². The van der Waals surface area contributed by atoms with Gasteiger partial charge in [-0.05, 0) is 38.1 Å². The minimum atomic E-state index is -4.11. The summed E-state index contributed by atoms with van der Waals surface area (Å²) in [5.41, 5.74) is -1.47. The quantitative estimate of drug-likeness (QED) is 0.513. The van der Waals surface area contributed by atoms with E-state index >= 15 is 4.39 Å². The van der Waals surface area contributed by atoms with Gasteiger partial charge in [-0.15, -0.1) is 0 Å². The van der Waals surface area contributed by atoms with Gasteiger partial charge < -0.3 is 10.1 Å². The lowest BCUT2D eigenvalue weighted by atomic mass is 9.89. The molecular formula is C25H30ClFN2O6S2. The molecule has 2 aromatic rings. The van der Waals surface area contributed by atoms with Crippen LogP contribution in [0.1, 0.15) is 26.7 Å². The van der Waals surface area contributed by atoms with Crippen molar-refractivity contribution in [1.82, 2.24) is 9.62 Å². The van der Waals surface area contributed by atoms with Gasteiger partial charge >= 0.3 is 0 Å². The summed E-state index contributed by atoms with van der Waals surface area (Å²) in [4.78, 5) is 12.7. The largest absolute Gasteiger partial charge is 0.497 e. The second kappa shape index (κ2) is 11.1. The minimum Gasteiger partial charge on any atom is -0.497 e. The van der Waals surface area contributed by atoms with Crippen LogP contribution in [-0.4, -0.2) is 64.7 Å². The van der Waals surface area contributed by atoms with Gasteiger partial charge in [0.15, 0.2) is 15.5 Å². The van der Waals surface area contributed by atoms with E-state index in [0.29, 0.717) is 21.9 Å². The Hall–Kier alpha value is -2.47. The van der Waals surface area contributed by atoms with E-state index in [0.717, 1.165) is 11.7 Å².